The Bertz CT molecular complexity index is 720. The highest BCUT2D eigenvalue weighted by atomic mass is 16.5. The average molecular weight is 345 g/mol. The third kappa shape index (κ3) is 3.11. The van der Waals surface area contributed by atoms with Gasteiger partial charge >= 0.3 is 0 Å². The van der Waals surface area contributed by atoms with Crippen LogP contribution in [-0.4, -0.2) is 41.2 Å². The highest BCUT2D eigenvalue weighted by Gasteiger charge is 2.38. The molecule has 0 amide bonds. The highest BCUT2D eigenvalue weighted by molar-refractivity contribution is 5.56. The van der Waals surface area contributed by atoms with Crippen LogP contribution in [0.15, 0.2) is 15.3 Å². The van der Waals surface area contributed by atoms with Crippen LogP contribution in [0.1, 0.15) is 56.0 Å². The second kappa shape index (κ2) is 6.21. The van der Waals surface area contributed by atoms with Gasteiger partial charge in [0.15, 0.2) is 5.82 Å². The molecule has 3 fully saturated rings. The Kier molecular flexibility index (Phi) is 3.86. The molecule has 5 rings (SSSR count). The lowest BCUT2D eigenvalue weighted by Crippen LogP contribution is -2.40. The van der Waals surface area contributed by atoms with Crippen molar-refractivity contribution >= 4 is 0 Å². The number of nitrogens with zero attached hydrogens (tertiary/aromatic N) is 3. The Balaban J connectivity index is 1.22. The molecule has 0 bridgehead atoms. The van der Waals surface area contributed by atoms with Crippen LogP contribution >= 0.6 is 0 Å². The van der Waals surface area contributed by atoms with Crippen LogP contribution in [0, 0.1) is 5.41 Å². The molecule has 4 heterocycles. The van der Waals surface area contributed by atoms with E-state index < -0.39 is 0 Å². The summed E-state index contributed by atoms with van der Waals surface area (Å²) in [6.45, 7) is 2.55. The Morgan fingerprint density at radius 1 is 1.08 bits per heavy atom. The highest BCUT2D eigenvalue weighted by Crippen LogP contribution is 2.43. The molecule has 1 aliphatic carbocycles. The molecule has 7 nitrogen and oxygen atoms in total. The molecule has 1 atom stereocenters. The maximum absolute atomic E-state index is 6.14. The summed E-state index contributed by atoms with van der Waals surface area (Å²) in [6.07, 6.45) is 9.26. The molecule has 2 aromatic heterocycles. The van der Waals surface area contributed by atoms with E-state index in [4.69, 9.17) is 18.5 Å². The van der Waals surface area contributed by atoms with Gasteiger partial charge in [0, 0.05) is 25.6 Å². The van der Waals surface area contributed by atoms with Gasteiger partial charge in [-0.1, -0.05) is 10.3 Å². The van der Waals surface area contributed by atoms with Gasteiger partial charge in [-0.05, 0) is 43.9 Å². The van der Waals surface area contributed by atoms with Crippen molar-refractivity contribution in [2.45, 2.75) is 57.0 Å². The second-order valence-corrected chi connectivity index (χ2v) is 7.69. The number of aromatic nitrogens is 3. The summed E-state index contributed by atoms with van der Waals surface area (Å²) in [7, 11) is 0. The zero-order valence-electron chi connectivity index (χ0n) is 14.3. The third-order valence-corrected chi connectivity index (χ3v) is 5.85. The monoisotopic (exact) mass is 345 g/mol. The van der Waals surface area contributed by atoms with E-state index >= 15 is 0 Å². The minimum atomic E-state index is 0.171. The Morgan fingerprint density at radius 2 is 1.96 bits per heavy atom. The molecule has 2 aliphatic heterocycles. The van der Waals surface area contributed by atoms with Gasteiger partial charge < -0.3 is 18.5 Å². The van der Waals surface area contributed by atoms with Crippen LogP contribution in [0.5, 0.6) is 0 Å². The zero-order valence-corrected chi connectivity index (χ0v) is 14.3. The van der Waals surface area contributed by atoms with Crippen LogP contribution < -0.4 is 0 Å². The molecule has 1 spiro atoms. The first-order chi connectivity index (χ1) is 12.3. The van der Waals surface area contributed by atoms with Crippen molar-refractivity contribution in [3.63, 3.8) is 0 Å². The van der Waals surface area contributed by atoms with E-state index in [0.29, 0.717) is 29.5 Å². The molecule has 2 saturated heterocycles. The first-order valence-electron chi connectivity index (χ1n) is 9.28. The van der Waals surface area contributed by atoms with Gasteiger partial charge in [-0.3, -0.25) is 0 Å². The summed E-state index contributed by atoms with van der Waals surface area (Å²) in [4.78, 5) is 4.54. The van der Waals surface area contributed by atoms with Crippen LogP contribution in [0.2, 0.25) is 0 Å². The minimum absolute atomic E-state index is 0.171. The van der Waals surface area contributed by atoms with Gasteiger partial charge in [0.1, 0.15) is 11.8 Å². The first-order valence-corrected chi connectivity index (χ1v) is 9.28. The lowest BCUT2D eigenvalue weighted by molar-refractivity contribution is -0.105. The van der Waals surface area contributed by atoms with E-state index in [0.717, 1.165) is 63.2 Å². The number of rotatable bonds is 4. The predicted octanol–water partition coefficient (Wildman–Crippen LogP) is 3.12. The molecule has 2 aromatic rings. The van der Waals surface area contributed by atoms with Crippen LogP contribution in [0.3, 0.4) is 0 Å². The van der Waals surface area contributed by atoms with Gasteiger partial charge in [-0.25, -0.2) is 0 Å². The van der Waals surface area contributed by atoms with Crippen LogP contribution in [0.4, 0.5) is 0 Å². The lowest BCUT2D eigenvalue weighted by Gasteiger charge is -2.42. The van der Waals surface area contributed by atoms with Gasteiger partial charge in [0.05, 0.1) is 18.4 Å². The largest absolute Gasteiger partial charge is 0.381 e. The minimum Gasteiger partial charge on any atom is -0.381 e. The van der Waals surface area contributed by atoms with Gasteiger partial charge in [-0.15, -0.1) is 0 Å². The van der Waals surface area contributed by atoms with Crippen molar-refractivity contribution in [1.82, 2.24) is 15.3 Å². The van der Waals surface area contributed by atoms with Crippen molar-refractivity contribution in [3.8, 4) is 11.5 Å². The first kappa shape index (κ1) is 15.5. The summed E-state index contributed by atoms with van der Waals surface area (Å²) in [5.41, 5.74) is 2.12. The molecule has 0 radical (unpaired) electrons. The van der Waals surface area contributed by atoms with E-state index in [1.165, 1.54) is 6.42 Å². The van der Waals surface area contributed by atoms with E-state index in [-0.39, 0.29) is 6.10 Å². The summed E-state index contributed by atoms with van der Waals surface area (Å²) in [6, 6.07) is 0. The summed E-state index contributed by atoms with van der Waals surface area (Å²) < 4.78 is 22.2. The second-order valence-electron chi connectivity index (χ2n) is 7.69. The molecule has 1 unspecified atom stereocenters. The van der Waals surface area contributed by atoms with E-state index in [1.54, 1.807) is 6.26 Å². The fraction of sp³-hybridized carbons (Fsp3) is 0.722. The maximum atomic E-state index is 6.14. The molecule has 7 heteroatoms. The Hall–Kier alpha value is -1.73. The van der Waals surface area contributed by atoms with E-state index in [1.807, 2.05) is 0 Å². The zero-order chi connectivity index (χ0) is 16.7. The maximum Gasteiger partial charge on any atom is 0.263 e. The Morgan fingerprint density at radius 3 is 2.72 bits per heavy atom. The van der Waals surface area contributed by atoms with Crippen molar-refractivity contribution < 1.29 is 18.5 Å². The fourth-order valence-corrected chi connectivity index (χ4v) is 3.98. The SMILES string of the molecule is c1onc(C2CC2)c1-c1nc(CC2CCC3(CCOCC3)CO2)no1. The number of hydrogen-bond donors (Lipinski definition) is 0. The molecule has 25 heavy (non-hydrogen) atoms. The Labute approximate surface area is 146 Å². The summed E-state index contributed by atoms with van der Waals surface area (Å²) in [5, 5.41) is 8.23. The molecule has 0 aromatic carbocycles. The smallest absolute Gasteiger partial charge is 0.263 e. The summed E-state index contributed by atoms with van der Waals surface area (Å²) >= 11 is 0. The molecule has 0 N–H and O–H groups in total. The topological polar surface area (TPSA) is 83.4 Å². The normalized spacial score (nSPS) is 26.2. The number of hydrogen-bond acceptors (Lipinski definition) is 7. The lowest BCUT2D eigenvalue weighted by atomic mass is 9.75. The molecular formula is C18H23N3O4. The van der Waals surface area contributed by atoms with Crippen molar-refractivity contribution in [1.29, 1.82) is 0 Å². The molecule has 134 valence electrons. The van der Waals surface area contributed by atoms with Crippen molar-refractivity contribution in [2.75, 3.05) is 19.8 Å². The van der Waals surface area contributed by atoms with Crippen molar-refractivity contribution in [2.24, 2.45) is 5.41 Å². The number of ether oxygens (including phenoxy) is 2. The van der Waals surface area contributed by atoms with E-state index in [9.17, 15) is 0 Å². The van der Waals surface area contributed by atoms with Gasteiger partial charge in [-0.2, -0.15) is 4.98 Å². The van der Waals surface area contributed by atoms with Gasteiger partial charge in [0.25, 0.3) is 5.89 Å². The standard InChI is InChI=1S/C18H23N3O4/c1-2-12(1)16-14(10-24-21-16)17-19-15(20-25-17)9-13-3-4-18(11-23-13)5-7-22-8-6-18/h10,12-13H,1-9,11H2. The third-order valence-electron chi connectivity index (χ3n) is 5.85. The fourth-order valence-electron chi connectivity index (χ4n) is 3.98. The predicted molar refractivity (Wildman–Crippen MR) is 86.9 cm³/mol. The average Bonchev–Trinajstić information content (AvgIpc) is 3.18. The van der Waals surface area contributed by atoms with Crippen LogP contribution in [-0.2, 0) is 15.9 Å². The quantitative estimate of drug-likeness (QED) is 0.842. The molecule has 1 saturated carbocycles. The summed E-state index contributed by atoms with van der Waals surface area (Å²) in [5.74, 6) is 1.70. The molecular weight excluding hydrogens is 322 g/mol. The van der Waals surface area contributed by atoms with Crippen molar-refractivity contribution in [3.05, 3.63) is 17.8 Å². The van der Waals surface area contributed by atoms with E-state index in [2.05, 4.69) is 15.3 Å². The van der Waals surface area contributed by atoms with Gasteiger partial charge in [0.2, 0.25) is 0 Å². The molecule has 3 aliphatic rings. The van der Waals surface area contributed by atoms with Crippen LogP contribution in [0.25, 0.3) is 11.5 Å².